The molecule has 3 nitrogen and oxygen atoms in total. The number of hydrogen-bond acceptors (Lipinski definition) is 3. The molecule has 1 saturated heterocycles. The van der Waals surface area contributed by atoms with Crippen LogP contribution in [0.4, 0.5) is 8.78 Å². The second-order valence-corrected chi connectivity index (χ2v) is 5.07. The molecule has 17 heavy (non-hydrogen) atoms. The Morgan fingerprint density at radius 2 is 2.41 bits per heavy atom. The van der Waals surface area contributed by atoms with Crippen molar-refractivity contribution in [3.8, 4) is 0 Å². The van der Waals surface area contributed by atoms with Gasteiger partial charge in [-0.2, -0.15) is 0 Å². The predicted octanol–water partition coefficient (Wildman–Crippen LogP) is 2.17. The van der Waals surface area contributed by atoms with Crippen LogP contribution in [0.15, 0.2) is 12.1 Å². The number of hydrogen-bond donors (Lipinski definition) is 2. The SMILES string of the molecule is O=C(NCC(F)F)c1ccc([C@@H]2CCCN2)s1. The number of nitrogens with one attached hydrogen (secondary N) is 2. The molecule has 6 heteroatoms. The Kier molecular flexibility index (Phi) is 4.06. The van der Waals surface area contributed by atoms with E-state index in [0.717, 1.165) is 24.3 Å². The topological polar surface area (TPSA) is 41.1 Å². The van der Waals surface area contributed by atoms with E-state index in [9.17, 15) is 13.6 Å². The van der Waals surface area contributed by atoms with Crippen LogP contribution in [0.5, 0.6) is 0 Å². The van der Waals surface area contributed by atoms with Crippen molar-refractivity contribution in [2.75, 3.05) is 13.1 Å². The van der Waals surface area contributed by atoms with Crippen LogP contribution < -0.4 is 10.6 Å². The Balaban J connectivity index is 1.95. The molecule has 1 aliphatic heterocycles. The fourth-order valence-electron chi connectivity index (χ4n) is 1.85. The van der Waals surface area contributed by atoms with E-state index in [2.05, 4.69) is 10.6 Å². The lowest BCUT2D eigenvalue weighted by molar-refractivity contribution is 0.0895. The van der Waals surface area contributed by atoms with Crippen molar-refractivity contribution < 1.29 is 13.6 Å². The number of carbonyl (C=O) groups excluding carboxylic acids is 1. The van der Waals surface area contributed by atoms with Gasteiger partial charge in [0.25, 0.3) is 12.3 Å². The molecule has 0 aliphatic carbocycles. The van der Waals surface area contributed by atoms with Gasteiger partial charge in [-0.05, 0) is 31.5 Å². The van der Waals surface area contributed by atoms with Gasteiger partial charge in [-0.15, -0.1) is 11.3 Å². The average molecular weight is 260 g/mol. The third-order valence-corrected chi connectivity index (χ3v) is 3.87. The summed E-state index contributed by atoms with van der Waals surface area (Å²) in [4.78, 5) is 13.1. The summed E-state index contributed by atoms with van der Waals surface area (Å²) in [5.74, 6) is -0.417. The molecular formula is C11H14F2N2OS. The van der Waals surface area contributed by atoms with Crippen molar-refractivity contribution in [3.63, 3.8) is 0 Å². The van der Waals surface area contributed by atoms with E-state index in [1.54, 1.807) is 6.07 Å². The maximum absolute atomic E-state index is 11.9. The number of carbonyl (C=O) groups is 1. The number of halogens is 2. The van der Waals surface area contributed by atoms with E-state index in [4.69, 9.17) is 0 Å². The largest absolute Gasteiger partial charge is 0.346 e. The Labute approximate surface area is 102 Å². The molecule has 0 radical (unpaired) electrons. The Morgan fingerprint density at radius 1 is 1.59 bits per heavy atom. The van der Waals surface area contributed by atoms with Gasteiger partial charge in [-0.25, -0.2) is 8.78 Å². The first kappa shape index (κ1) is 12.4. The van der Waals surface area contributed by atoms with Gasteiger partial charge >= 0.3 is 0 Å². The van der Waals surface area contributed by atoms with E-state index in [-0.39, 0.29) is 0 Å². The number of amides is 1. The Hall–Kier alpha value is -1.01. The van der Waals surface area contributed by atoms with E-state index in [0.29, 0.717) is 10.9 Å². The van der Waals surface area contributed by atoms with Crippen molar-refractivity contribution in [2.45, 2.75) is 25.3 Å². The highest BCUT2D eigenvalue weighted by Crippen LogP contribution is 2.29. The van der Waals surface area contributed by atoms with Gasteiger partial charge in [0.1, 0.15) is 0 Å². The highest BCUT2D eigenvalue weighted by atomic mass is 32.1. The summed E-state index contributed by atoms with van der Waals surface area (Å²) in [6.07, 6.45) is -0.302. The lowest BCUT2D eigenvalue weighted by Crippen LogP contribution is -2.27. The van der Waals surface area contributed by atoms with E-state index >= 15 is 0 Å². The van der Waals surface area contributed by atoms with Crippen LogP contribution in [0.25, 0.3) is 0 Å². The highest BCUT2D eigenvalue weighted by molar-refractivity contribution is 7.14. The maximum Gasteiger partial charge on any atom is 0.261 e. The summed E-state index contributed by atoms with van der Waals surface area (Å²) in [5, 5.41) is 5.54. The second-order valence-electron chi connectivity index (χ2n) is 3.95. The standard InChI is InChI=1S/C11H14F2N2OS/c12-10(13)6-15-11(16)9-4-3-8(17-9)7-2-1-5-14-7/h3-4,7,10,14H,1-2,5-6H2,(H,15,16)/t7-/m0/s1. The van der Waals surface area contributed by atoms with E-state index in [1.165, 1.54) is 11.3 Å². The summed E-state index contributed by atoms with van der Waals surface area (Å²) in [5.41, 5.74) is 0. The first-order valence-electron chi connectivity index (χ1n) is 5.56. The van der Waals surface area contributed by atoms with E-state index in [1.807, 2.05) is 6.07 Å². The summed E-state index contributed by atoms with van der Waals surface area (Å²) in [6.45, 7) is 0.406. The van der Waals surface area contributed by atoms with E-state index < -0.39 is 18.9 Å². The molecule has 0 saturated carbocycles. The minimum Gasteiger partial charge on any atom is -0.346 e. The molecule has 1 amide bonds. The molecule has 1 aliphatic rings. The van der Waals surface area contributed by atoms with Crippen LogP contribution in [0.2, 0.25) is 0 Å². The molecule has 1 aromatic heterocycles. The second kappa shape index (κ2) is 5.55. The lowest BCUT2D eigenvalue weighted by atomic mass is 10.2. The van der Waals surface area contributed by atoms with Gasteiger partial charge in [0.15, 0.2) is 0 Å². The van der Waals surface area contributed by atoms with Crippen LogP contribution in [0.3, 0.4) is 0 Å². The predicted molar refractivity (Wildman–Crippen MR) is 62.6 cm³/mol. The third kappa shape index (κ3) is 3.23. The Morgan fingerprint density at radius 3 is 3.06 bits per heavy atom. The van der Waals surface area contributed by atoms with Crippen molar-refractivity contribution in [1.29, 1.82) is 0 Å². The van der Waals surface area contributed by atoms with Gasteiger partial charge in [-0.3, -0.25) is 4.79 Å². The fourth-order valence-corrected chi connectivity index (χ4v) is 2.88. The zero-order valence-corrected chi connectivity index (χ0v) is 10.0. The zero-order valence-electron chi connectivity index (χ0n) is 9.21. The Bertz CT molecular complexity index is 389. The molecule has 2 N–H and O–H groups in total. The average Bonchev–Trinajstić information content (AvgIpc) is 2.94. The minimum atomic E-state index is -2.50. The van der Waals surface area contributed by atoms with Crippen molar-refractivity contribution in [2.24, 2.45) is 0 Å². The molecule has 0 aromatic carbocycles. The third-order valence-electron chi connectivity index (χ3n) is 2.67. The molecule has 2 heterocycles. The first-order valence-corrected chi connectivity index (χ1v) is 6.38. The van der Waals surface area contributed by atoms with Crippen molar-refractivity contribution >= 4 is 17.2 Å². The molecule has 94 valence electrons. The van der Waals surface area contributed by atoms with Crippen LogP contribution >= 0.6 is 11.3 Å². The lowest BCUT2D eigenvalue weighted by Gasteiger charge is -2.06. The first-order chi connectivity index (χ1) is 8.16. The summed E-state index contributed by atoms with van der Waals surface area (Å²) < 4.78 is 23.9. The molecule has 1 atom stereocenters. The highest BCUT2D eigenvalue weighted by Gasteiger charge is 2.19. The monoisotopic (exact) mass is 260 g/mol. The van der Waals surface area contributed by atoms with Crippen LogP contribution in [0.1, 0.15) is 33.4 Å². The summed E-state index contributed by atoms with van der Waals surface area (Å²) >= 11 is 1.37. The molecule has 0 bridgehead atoms. The van der Waals surface area contributed by atoms with Crippen LogP contribution in [-0.2, 0) is 0 Å². The smallest absolute Gasteiger partial charge is 0.261 e. The van der Waals surface area contributed by atoms with Crippen LogP contribution in [-0.4, -0.2) is 25.4 Å². The maximum atomic E-state index is 11.9. The normalized spacial score (nSPS) is 19.8. The molecular weight excluding hydrogens is 246 g/mol. The van der Waals surface area contributed by atoms with Gasteiger partial charge in [0, 0.05) is 10.9 Å². The summed E-state index contributed by atoms with van der Waals surface area (Å²) in [7, 11) is 0. The zero-order chi connectivity index (χ0) is 12.3. The quantitative estimate of drug-likeness (QED) is 0.871. The van der Waals surface area contributed by atoms with Gasteiger partial charge in [0.2, 0.25) is 0 Å². The molecule has 0 unspecified atom stereocenters. The minimum absolute atomic E-state index is 0.316. The summed E-state index contributed by atoms with van der Waals surface area (Å²) in [6, 6.07) is 3.91. The number of rotatable bonds is 4. The van der Waals surface area contributed by atoms with Crippen molar-refractivity contribution in [3.05, 3.63) is 21.9 Å². The van der Waals surface area contributed by atoms with Crippen molar-refractivity contribution in [1.82, 2.24) is 10.6 Å². The van der Waals surface area contributed by atoms with Gasteiger partial charge in [0.05, 0.1) is 11.4 Å². The van der Waals surface area contributed by atoms with Crippen LogP contribution in [0, 0.1) is 0 Å². The number of alkyl halides is 2. The number of thiophene rings is 1. The van der Waals surface area contributed by atoms with Gasteiger partial charge < -0.3 is 10.6 Å². The molecule has 1 aromatic rings. The fraction of sp³-hybridized carbons (Fsp3) is 0.545. The molecule has 2 rings (SSSR count). The molecule has 0 spiro atoms. The van der Waals surface area contributed by atoms with Gasteiger partial charge in [-0.1, -0.05) is 0 Å². The molecule has 1 fully saturated rings.